The summed E-state index contributed by atoms with van der Waals surface area (Å²) in [7, 11) is 0. The summed E-state index contributed by atoms with van der Waals surface area (Å²) in [6, 6.07) is 26.9. The molecule has 1 atom stereocenters. The van der Waals surface area contributed by atoms with Gasteiger partial charge >= 0.3 is 0 Å². The molecule has 0 bridgehead atoms. The predicted molar refractivity (Wildman–Crippen MR) is 158 cm³/mol. The summed E-state index contributed by atoms with van der Waals surface area (Å²) < 4.78 is 9.97. The maximum atomic E-state index is 6.21. The van der Waals surface area contributed by atoms with Crippen LogP contribution in [-0.4, -0.2) is 30.0 Å². The van der Waals surface area contributed by atoms with Crippen LogP contribution in [0, 0.1) is 0 Å². The van der Waals surface area contributed by atoms with E-state index >= 15 is 0 Å². The topological polar surface area (TPSA) is 70.7 Å². The summed E-state index contributed by atoms with van der Waals surface area (Å²) in [6.07, 6.45) is 2.19. The Morgan fingerprint density at radius 2 is 1.27 bits per heavy atom. The second kappa shape index (κ2) is 8.74. The number of fused-ring (bicyclic) bond motifs is 3. The molecular formula is C33H32N6O. The molecule has 7 heteroatoms. The monoisotopic (exact) mass is 528 g/mol. The van der Waals surface area contributed by atoms with Crippen LogP contribution in [0.1, 0.15) is 64.2 Å². The zero-order valence-electron chi connectivity index (χ0n) is 23.5. The Morgan fingerprint density at radius 1 is 0.700 bits per heavy atom. The van der Waals surface area contributed by atoms with Crippen LogP contribution < -0.4 is 4.74 Å². The molecule has 0 amide bonds. The van der Waals surface area contributed by atoms with Crippen molar-refractivity contribution in [3.05, 3.63) is 95.6 Å². The summed E-state index contributed by atoms with van der Waals surface area (Å²) in [5.41, 5.74) is 9.94. The lowest BCUT2D eigenvalue weighted by atomic mass is 9.82. The van der Waals surface area contributed by atoms with Crippen molar-refractivity contribution in [3.8, 4) is 22.9 Å². The molecule has 0 fully saturated rings. The van der Waals surface area contributed by atoms with Gasteiger partial charge in [-0.1, -0.05) is 63.2 Å². The summed E-state index contributed by atoms with van der Waals surface area (Å²) in [5.74, 6) is 1.38. The van der Waals surface area contributed by atoms with Crippen LogP contribution in [0.25, 0.3) is 33.4 Å². The smallest absolute Gasteiger partial charge is 0.129 e. The van der Waals surface area contributed by atoms with E-state index in [-0.39, 0.29) is 10.8 Å². The summed E-state index contributed by atoms with van der Waals surface area (Å²) in [5, 5.41) is 17.7. The van der Waals surface area contributed by atoms with Gasteiger partial charge in [0.05, 0.1) is 22.4 Å². The van der Waals surface area contributed by atoms with Crippen LogP contribution in [0.5, 0.6) is 11.5 Å². The Bertz CT molecular complexity index is 1900. The molecule has 0 saturated carbocycles. The Labute approximate surface area is 233 Å². The zero-order valence-corrected chi connectivity index (χ0v) is 23.5. The predicted octanol–water partition coefficient (Wildman–Crippen LogP) is 7.66. The van der Waals surface area contributed by atoms with Crippen LogP contribution in [-0.2, 0) is 10.8 Å². The van der Waals surface area contributed by atoms with E-state index in [1.54, 1.807) is 0 Å². The number of hydrogen-bond donors (Lipinski definition) is 0. The molecule has 0 N–H and O–H groups in total. The van der Waals surface area contributed by atoms with Crippen molar-refractivity contribution in [2.24, 2.45) is 0 Å². The Hall–Kier alpha value is -4.52. The van der Waals surface area contributed by atoms with Gasteiger partial charge in [-0.25, -0.2) is 9.36 Å². The van der Waals surface area contributed by atoms with E-state index in [0.29, 0.717) is 11.5 Å². The SMILES string of the molecule is CCC(C)(C)c1ccc(-n2nnc3cc(Oc4ccc5c(c4)nnn5-c4ccc5c(c4)C5(C)CC)ccc32)cc1. The second-order valence-corrected chi connectivity index (χ2v) is 11.6. The van der Waals surface area contributed by atoms with Crippen LogP contribution in [0.15, 0.2) is 78.9 Å². The third-order valence-electron chi connectivity index (χ3n) is 8.93. The molecule has 0 aliphatic heterocycles. The number of nitrogens with zero attached hydrogens (tertiary/aromatic N) is 6. The standard InChI is InChI=1S/C33H32N6O/c1-6-32(3,4)21-8-10-22(11-9-21)38-30-16-13-24(19-28(30)34-36-38)40-25-14-17-31-29(20-25)35-37-39(31)23-12-15-26-27(18-23)33(26,5)7-2/h8-20H,6-7H2,1-5H3. The molecule has 0 spiro atoms. The summed E-state index contributed by atoms with van der Waals surface area (Å²) >= 11 is 0. The van der Waals surface area contributed by atoms with E-state index in [1.807, 2.05) is 45.8 Å². The molecule has 0 radical (unpaired) electrons. The average molecular weight is 529 g/mol. The maximum Gasteiger partial charge on any atom is 0.129 e. The molecule has 40 heavy (non-hydrogen) atoms. The molecule has 1 aliphatic rings. The van der Waals surface area contributed by atoms with Crippen LogP contribution in [0.3, 0.4) is 0 Å². The van der Waals surface area contributed by atoms with Gasteiger partial charge in [0.2, 0.25) is 0 Å². The third-order valence-corrected chi connectivity index (χ3v) is 8.93. The minimum atomic E-state index is 0.145. The minimum absolute atomic E-state index is 0.145. The van der Waals surface area contributed by atoms with E-state index in [1.165, 1.54) is 16.7 Å². The van der Waals surface area contributed by atoms with Gasteiger partial charge in [0, 0.05) is 17.5 Å². The first kappa shape index (κ1) is 24.5. The van der Waals surface area contributed by atoms with Crippen molar-refractivity contribution in [2.45, 2.75) is 58.3 Å². The number of aromatic nitrogens is 6. The number of rotatable bonds is 7. The highest BCUT2D eigenvalue weighted by Gasteiger charge is 2.44. The Balaban J connectivity index is 1.13. The summed E-state index contributed by atoms with van der Waals surface area (Å²) in [4.78, 5) is 0. The first-order valence-electron chi connectivity index (χ1n) is 14.0. The molecule has 7 nitrogen and oxygen atoms in total. The van der Waals surface area contributed by atoms with Crippen LogP contribution in [0.4, 0.5) is 0 Å². The van der Waals surface area contributed by atoms with E-state index in [2.05, 4.69) is 97.7 Å². The number of benzene rings is 4. The highest BCUT2D eigenvalue weighted by molar-refractivity contribution is 5.80. The first-order chi connectivity index (χ1) is 19.3. The van der Waals surface area contributed by atoms with E-state index in [0.717, 1.165) is 46.3 Å². The van der Waals surface area contributed by atoms with Crippen molar-refractivity contribution in [3.63, 3.8) is 0 Å². The molecule has 2 aromatic heterocycles. The number of ether oxygens (including phenoxy) is 1. The Kier molecular flexibility index (Phi) is 5.36. The normalized spacial score (nSPS) is 16.4. The maximum absolute atomic E-state index is 6.21. The molecule has 4 aromatic carbocycles. The molecule has 0 saturated heterocycles. The fraction of sp³-hybridized carbons (Fsp3) is 0.273. The van der Waals surface area contributed by atoms with Gasteiger partial charge in [-0.15, -0.1) is 10.2 Å². The van der Waals surface area contributed by atoms with Gasteiger partial charge in [-0.05, 0) is 83.5 Å². The largest absolute Gasteiger partial charge is 0.457 e. The van der Waals surface area contributed by atoms with Gasteiger partial charge in [-0.2, -0.15) is 0 Å². The van der Waals surface area contributed by atoms with Crippen molar-refractivity contribution >= 4 is 22.1 Å². The van der Waals surface area contributed by atoms with Gasteiger partial charge in [0.15, 0.2) is 0 Å². The lowest BCUT2D eigenvalue weighted by Gasteiger charge is -2.23. The fourth-order valence-corrected chi connectivity index (χ4v) is 5.56. The van der Waals surface area contributed by atoms with E-state index in [4.69, 9.17) is 4.74 Å². The first-order valence-corrected chi connectivity index (χ1v) is 14.0. The Morgan fingerprint density at radius 3 is 1.85 bits per heavy atom. The van der Waals surface area contributed by atoms with Crippen LogP contribution in [0.2, 0.25) is 0 Å². The minimum Gasteiger partial charge on any atom is -0.457 e. The van der Waals surface area contributed by atoms with Crippen molar-refractivity contribution in [1.29, 1.82) is 0 Å². The van der Waals surface area contributed by atoms with Gasteiger partial charge in [0.25, 0.3) is 0 Å². The third kappa shape index (κ3) is 3.79. The van der Waals surface area contributed by atoms with Crippen molar-refractivity contribution in [1.82, 2.24) is 30.0 Å². The van der Waals surface area contributed by atoms with Crippen molar-refractivity contribution in [2.75, 3.05) is 0 Å². The average Bonchev–Trinajstić information content (AvgIpc) is 3.28. The van der Waals surface area contributed by atoms with Crippen molar-refractivity contribution < 1.29 is 4.74 Å². The molecule has 2 heterocycles. The highest BCUT2D eigenvalue weighted by atomic mass is 16.5. The van der Waals surface area contributed by atoms with Crippen LogP contribution >= 0.6 is 0 Å². The highest BCUT2D eigenvalue weighted by Crippen LogP contribution is 2.52. The van der Waals surface area contributed by atoms with Gasteiger partial charge in [0.1, 0.15) is 22.5 Å². The lowest BCUT2D eigenvalue weighted by molar-refractivity contribution is 0.484. The molecule has 1 unspecified atom stereocenters. The second-order valence-electron chi connectivity index (χ2n) is 11.6. The molecule has 200 valence electrons. The van der Waals surface area contributed by atoms with E-state index in [9.17, 15) is 0 Å². The summed E-state index contributed by atoms with van der Waals surface area (Å²) in [6.45, 7) is 11.3. The molecule has 6 aromatic rings. The van der Waals surface area contributed by atoms with Gasteiger partial charge < -0.3 is 4.74 Å². The van der Waals surface area contributed by atoms with E-state index < -0.39 is 0 Å². The lowest BCUT2D eigenvalue weighted by Crippen LogP contribution is -2.15. The quantitative estimate of drug-likeness (QED) is 0.213. The molecule has 1 aliphatic carbocycles. The fourth-order valence-electron chi connectivity index (χ4n) is 5.56. The number of hydrogen-bond acceptors (Lipinski definition) is 5. The molecule has 7 rings (SSSR count). The molecular weight excluding hydrogens is 496 g/mol. The zero-order chi connectivity index (χ0) is 27.6. The van der Waals surface area contributed by atoms with Gasteiger partial charge in [-0.3, -0.25) is 0 Å².